The molecule has 1 heterocycles. The fraction of sp³-hybridized carbons (Fsp3) is 0.600. The smallest absolute Gasteiger partial charge is 0.123 e. The highest BCUT2D eigenvalue weighted by atomic mass is 16.5. The second-order valence-electron chi connectivity index (χ2n) is 5.10. The summed E-state index contributed by atoms with van der Waals surface area (Å²) in [5.74, 6) is 1.46. The largest absolute Gasteiger partial charge is 0.494 e. The van der Waals surface area contributed by atoms with Crippen molar-refractivity contribution in [2.45, 2.75) is 19.8 Å². The SMILES string of the molecule is CCOc1cc(N)cc(N2CCCC(COC)C2)c1. The summed E-state index contributed by atoms with van der Waals surface area (Å²) in [7, 11) is 1.77. The molecule has 1 unspecified atom stereocenters. The Labute approximate surface area is 115 Å². The van der Waals surface area contributed by atoms with Crippen molar-refractivity contribution in [3.63, 3.8) is 0 Å². The molecule has 2 rings (SSSR count). The van der Waals surface area contributed by atoms with Crippen LogP contribution in [0.4, 0.5) is 11.4 Å². The zero-order valence-corrected chi connectivity index (χ0v) is 11.9. The lowest BCUT2D eigenvalue weighted by molar-refractivity contribution is 0.143. The van der Waals surface area contributed by atoms with Crippen molar-refractivity contribution >= 4 is 11.4 Å². The van der Waals surface area contributed by atoms with E-state index in [2.05, 4.69) is 11.0 Å². The van der Waals surface area contributed by atoms with Crippen molar-refractivity contribution in [2.75, 3.05) is 44.0 Å². The molecule has 0 bridgehead atoms. The van der Waals surface area contributed by atoms with Gasteiger partial charge in [-0.15, -0.1) is 0 Å². The van der Waals surface area contributed by atoms with Gasteiger partial charge in [0.15, 0.2) is 0 Å². The lowest BCUT2D eigenvalue weighted by Gasteiger charge is -2.34. The molecule has 0 aliphatic carbocycles. The molecular formula is C15H24N2O2. The van der Waals surface area contributed by atoms with Crippen LogP contribution in [0.5, 0.6) is 5.75 Å². The van der Waals surface area contributed by atoms with Gasteiger partial charge in [0, 0.05) is 43.7 Å². The highest BCUT2D eigenvalue weighted by Gasteiger charge is 2.20. The Balaban J connectivity index is 2.11. The van der Waals surface area contributed by atoms with Crippen LogP contribution in [-0.4, -0.2) is 33.4 Å². The number of methoxy groups -OCH3 is 1. The average Bonchev–Trinajstić information content (AvgIpc) is 2.39. The van der Waals surface area contributed by atoms with E-state index in [-0.39, 0.29) is 0 Å². The van der Waals surface area contributed by atoms with Crippen LogP contribution in [0, 0.1) is 5.92 Å². The van der Waals surface area contributed by atoms with Crippen LogP contribution in [0.2, 0.25) is 0 Å². The third kappa shape index (κ3) is 3.77. The van der Waals surface area contributed by atoms with Crippen LogP contribution in [0.3, 0.4) is 0 Å². The van der Waals surface area contributed by atoms with Crippen molar-refractivity contribution in [2.24, 2.45) is 5.92 Å². The summed E-state index contributed by atoms with van der Waals surface area (Å²) in [5, 5.41) is 0. The first-order valence-electron chi connectivity index (χ1n) is 7.00. The molecule has 4 nitrogen and oxygen atoms in total. The van der Waals surface area contributed by atoms with Crippen LogP contribution in [0.1, 0.15) is 19.8 Å². The van der Waals surface area contributed by atoms with Crippen LogP contribution in [-0.2, 0) is 4.74 Å². The van der Waals surface area contributed by atoms with Gasteiger partial charge in [0.1, 0.15) is 5.75 Å². The molecule has 1 atom stereocenters. The minimum absolute atomic E-state index is 0.607. The Morgan fingerprint density at radius 1 is 1.37 bits per heavy atom. The van der Waals surface area contributed by atoms with Crippen LogP contribution >= 0.6 is 0 Å². The van der Waals surface area contributed by atoms with E-state index in [4.69, 9.17) is 15.2 Å². The molecule has 1 aliphatic heterocycles. The van der Waals surface area contributed by atoms with E-state index in [1.54, 1.807) is 7.11 Å². The predicted octanol–water partition coefficient (Wildman–Crippen LogP) is 2.53. The molecule has 4 heteroatoms. The van der Waals surface area contributed by atoms with Gasteiger partial charge in [-0.3, -0.25) is 0 Å². The Morgan fingerprint density at radius 2 is 2.21 bits per heavy atom. The quantitative estimate of drug-likeness (QED) is 0.830. The summed E-state index contributed by atoms with van der Waals surface area (Å²) >= 11 is 0. The lowest BCUT2D eigenvalue weighted by Crippen LogP contribution is -2.37. The maximum absolute atomic E-state index is 5.96. The van der Waals surface area contributed by atoms with Gasteiger partial charge in [-0.2, -0.15) is 0 Å². The van der Waals surface area contributed by atoms with Gasteiger partial charge < -0.3 is 20.1 Å². The fourth-order valence-corrected chi connectivity index (χ4v) is 2.71. The normalized spacial score (nSPS) is 19.5. The number of nitrogens with zero attached hydrogens (tertiary/aromatic N) is 1. The lowest BCUT2D eigenvalue weighted by atomic mass is 9.98. The number of ether oxygens (including phenoxy) is 2. The number of hydrogen-bond donors (Lipinski definition) is 1. The van der Waals surface area contributed by atoms with E-state index in [0.29, 0.717) is 12.5 Å². The first-order chi connectivity index (χ1) is 9.22. The van der Waals surface area contributed by atoms with Gasteiger partial charge in [0.2, 0.25) is 0 Å². The molecule has 106 valence electrons. The third-order valence-electron chi connectivity index (χ3n) is 3.51. The Morgan fingerprint density at radius 3 is 2.95 bits per heavy atom. The van der Waals surface area contributed by atoms with Gasteiger partial charge in [-0.1, -0.05) is 0 Å². The highest BCUT2D eigenvalue weighted by molar-refractivity contribution is 5.60. The minimum Gasteiger partial charge on any atom is -0.494 e. The van der Waals surface area contributed by atoms with Crippen molar-refractivity contribution in [3.05, 3.63) is 18.2 Å². The number of nitrogen functional groups attached to an aromatic ring is 1. The molecule has 2 N–H and O–H groups in total. The van der Waals surface area contributed by atoms with Crippen molar-refractivity contribution in [1.82, 2.24) is 0 Å². The Kier molecular flexibility index (Phi) is 4.91. The van der Waals surface area contributed by atoms with Gasteiger partial charge in [-0.05, 0) is 31.7 Å². The van der Waals surface area contributed by atoms with Gasteiger partial charge in [-0.25, -0.2) is 0 Å². The van der Waals surface area contributed by atoms with Crippen molar-refractivity contribution in [3.8, 4) is 5.75 Å². The summed E-state index contributed by atoms with van der Waals surface area (Å²) in [6, 6.07) is 5.98. The second kappa shape index (κ2) is 6.66. The summed E-state index contributed by atoms with van der Waals surface area (Å²) in [4.78, 5) is 2.38. The van der Waals surface area contributed by atoms with Gasteiger partial charge in [0.25, 0.3) is 0 Å². The monoisotopic (exact) mass is 264 g/mol. The van der Waals surface area contributed by atoms with Crippen LogP contribution < -0.4 is 15.4 Å². The van der Waals surface area contributed by atoms with Crippen molar-refractivity contribution < 1.29 is 9.47 Å². The maximum atomic E-state index is 5.96. The Hall–Kier alpha value is -1.42. The van der Waals surface area contributed by atoms with E-state index < -0.39 is 0 Å². The van der Waals surface area contributed by atoms with E-state index in [1.807, 2.05) is 19.1 Å². The first kappa shape index (κ1) is 14.0. The first-order valence-corrected chi connectivity index (χ1v) is 7.00. The van der Waals surface area contributed by atoms with Crippen LogP contribution in [0.15, 0.2) is 18.2 Å². The summed E-state index contributed by atoms with van der Waals surface area (Å²) in [6.07, 6.45) is 2.44. The fourth-order valence-electron chi connectivity index (χ4n) is 2.71. The number of nitrogens with two attached hydrogens (primary N) is 1. The number of benzene rings is 1. The molecular weight excluding hydrogens is 240 g/mol. The third-order valence-corrected chi connectivity index (χ3v) is 3.51. The summed E-state index contributed by atoms with van der Waals surface area (Å²) in [6.45, 7) is 5.59. The zero-order chi connectivity index (χ0) is 13.7. The van der Waals surface area contributed by atoms with E-state index >= 15 is 0 Å². The highest BCUT2D eigenvalue weighted by Crippen LogP contribution is 2.29. The topological polar surface area (TPSA) is 47.7 Å². The minimum atomic E-state index is 0.607. The molecule has 1 aliphatic rings. The second-order valence-corrected chi connectivity index (χ2v) is 5.10. The average molecular weight is 264 g/mol. The molecule has 0 spiro atoms. The zero-order valence-electron chi connectivity index (χ0n) is 11.9. The number of rotatable bonds is 5. The molecule has 0 saturated carbocycles. The molecule has 1 fully saturated rings. The number of anilines is 2. The molecule has 0 radical (unpaired) electrons. The molecule has 1 aromatic rings. The Bertz CT molecular complexity index is 407. The van der Waals surface area contributed by atoms with Gasteiger partial charge in [0.05, 0.1) is 13.2 Å². The molecule has 0 amide bonds. The molecule has 19 heavy (non-hydrogen) atoms. The van der Waals surface area contributed by atoms with E-state index in [0.717, 1.165) is 36.8 Å². The van der Waals surface area contributed by atoms with E-state index in [9.17, 15) is 0 Å². The molecule has 1 aromatic carbocycles. The van der Waals surface area contributed by atoms with Crippen molar-refractivity contribution in [1.29, 1.82) is 0 Å². The number of hydrogen-bond acceptors (Lipinski definition) is 4. The van der Waals surface area contributed by atoms with E-state index in [1.165, 1.54) is 12.8 Å². The summed E-state index contributed by atoms with van der Waals surface area (Å²) < 4.78 is 10.8. The molecule has 1 saturated heterocycles. The van der Waals surface area contributed by atoms with Gasteiger partial charge >= 0.3 is 0 Å². The number of piperidine rings is 1. The maximum Gasteiger partial charge on any atom is 0.123 e. The summed E-state index contributed by atoms with van der Waals surface area (Å²) in [5.41, 5.74) is 7.87. The predicted molar refractivity (Wildman–Crippen MR) is 78.8 cm³/mol. The van der Waals surface area contributed by atoms with Crippen LogP contribution in [0.25, 0.3) is 0 Å². The molecule has 0 aromatic heterocycles. The standard InChI is InChI=1S/C15H24N2O2/c1-3-19-15-8-13(16)7-14(9-15)17-6-4-5-12(10-17)11-18-2/h7-9,12H,3-6,10-11,16H2,1-2H3.